The number of rotatable bonds is 8. The van der Waals surface area contributed by atoms with Crippen LogP contribution >= 0.6 is 35.3 Å². The third-order valence-electron chi connectivity index (χ3n) is 3.39. The zero-order valence-electron chi connectivity index (χ0n) is 15.1. The second-order valence-corrected chi connectivity index (χ2v) is 6.75. The van der Waals surface area contributed by atoms with Crippen LogP contribution < -0.4 is 10.1 Å². The highest BCUT2D eigenvalue weighted by molar-refractivity contribution is 14.0. The molecule has 0 aliphatic carbocycles. The molecule has 138 valence electrons. The summed E-state index contributed by atoms with van der Waals surface area (Å²) in [5, 5.41) is 4.47. The van der Waals surface area contributed by atoms with E-state index in [0.29, 0.717) is 6.61 Å². The van der Waals surface area contributed by atoms with Gasteiger partial charge in [-0.25, -0.2) is 4.98 Å². The van der Waals surface area contributed by atoms with E-state index in [1.165, 1.54) is 4.88 Å². The van der Waals surface area contributed by atoms with Gasteiger partial charge in [-0.15, -0.1) is 35.3 Å². The molecule has 0 bridgehead atoms. The van der Waals surface area contributed by atoms with Gasteiger partial charge in [0, 0.05) is 37.6 Å². The molecule has 5 nitrogen and oxygen atoms in total. The van der Waals surface area contributed by atoms with Gasteiger partial charge >= 0.3 is 0 Å². The molecule has 25 heavy (non-hydrogen) atoms. The van der Waals surface area contributed by atoms with E-state index in [1.807, 2.05) is 43.6 Å². The Morgan fingerprint density at radius 1 is 1.32 bits per heavy atom. The molecule has 0 amide bonds. The standard InChI is InChI=1S/C18H26N4OS.HI/c1-4-19-18(20-11-10-17-21-14-15(2)24-17)22(3)12-13-23-16-8-6-5-7-9-16;/h5-9,14H,4,10-13H2,1-3H3,(H,19,20);1H. The number of nitrogens with one attached hydrogen (secondary N) is 1. The van der Waals surface area contributed by atoms with E-state index in [9.17, 15) is 0 Å². The van der Waals surface area contributed by atoms with Crippen LogP contribution in [-0.4, -0.2) is 49.1 Å². The van der Waals surface area contributed by atoms with Gasteiger partial charge in [-0.1, -0.05) is 18.2 Å². The van der Waals surface area contributed by atoms with Crippen molar-refractivity contribution in [2.75, 3.05) is 33.3 Å². The average molecular weight is 474 g/mol. The summed E-state index contributed by atoms with van der Waals surface area (Å²) < 4.78 is 5.75. The molecule has 7 heteroatoms. The van der Waals surface area contributed by atoms with Gasteiger partial charge in [0.05, 0.1) is 11.6 Å². The largest absolute Gasteiger partial charge is 0.492 e. The van der Waals surface area contributed by atoms with Crippen LogP contribution in [0.3, 0.4) is 0 Å². The first-order valence-corrected chi connectivity index (χ1v) is 9.09. The van der Waals surface area contributed by atoms with E-state index < -0.39 is 0 Å². The molecule has 0 aliphatic rings. The molecule has 0 atom stereocenters. The molecular formula is C18H27IN4OS. The van der Waals surface area contributed by atoms with Gasteiger partial charge in [0.15, 0.2) is 5.96 Å². The van der Waals surface area contributed by atoms with Crippen molar-refractivity contribution in [3.8, 4) is 5.75 Å². The Balaban J connectivity index is 0.00000312. The lowest BCUT2D eigenvalue weighted by molar-refractivity contribution is 0.281. The van der Waals surface area contributed by atoms with Gasteiger partial charge in [0.25, 0.3) is 0 Å². The topological polar surface area (TPSA) is 49.8 Å². The molecule has 2 rings (SSSR count). The highest BCUT2D eigenvalue weighted by Gasteiger charge is 2.06. The predicted octanol–water partition coefficient (Wildman–Crippen LogP) is 3.59. The molecule has 0 saturated carbocycles. The van der Waals surface area contributed by atoms with Crippen LogP contribution in [0.25, 0.3) is 0 Å². The number of ether oxygens (including phenoxy) is 1. The van der Waals surface area contributed by atoms with E-state index in [-0.39, 0.29) is 24.0 Å². The quantitative estimate of drug-likeness (QED) is 0.361. The fourth-order valence-electron chi connectivity index (χ4n) is 2.17. The summed E-state index contributed by atoms with van der Waals surface area (Å²) >= 11 is 1.74. The summed E-state index contributed by atoms with van der Waals surface area (Å²) in [7, 11) is 2.03. The van der Waals surface area contributed by atoms with Gasteiger partial charge in [0.2, 0.25) is 0 Å². The maximum atomic E-state index is 5.75. The van der Waals surface area contributed by atoms with Crippen molar-refractivity contribution >= 4 is 41.3 Å². The van der Waals surface area contributed by atoms with Gasteiger partial charge in [0.1, 0.15) is 12.4 Å². The Kier molecular flexibility index (Phi) is 10.5. The molecule has 1 aromatic carbocycles. The maximum Gasteiger partial charge on any atom is 0.193 e. The van der Waals surface area contributed by atoms with E-state index in [0.717, 1.165) is 42.8 Å². The molecule has 0 unspecified atom stereocenters. The summed E-state index contributed by atoms with van der Waals surface area (Å²) in [6, 6.07) is 9.87. The Morgan fingerprint density at radius 2 is 2.08 bits per heavy atom. The molecule has 0 aliphatic heterocycles. The van der Waals surface area contributed by atoms with Crippen LogP contribution in [0.15, 0.2) is 41.5 Å². The first-order valence-electron chi connectivity index (χ1n) is 8.27. The minimum absolute atomic E-state index is 0. The van der Waals surface area contributed by atoms with Gasteiger partial charge in [-0.05, 0) is 26.0 Å². The highest BCUT2D eigenvalue weighted by Crippen LogP contribution is 2.11. The normalized spacial score (nSPS) is 10.9. The van der Waals surface area contributed by atoms with Crippen molar-refractivity contribution in [2.24, 2.45) is 4.99 Å². The van der Waals surface area contributed by atoms with Gasteiger partial charge < -0.3 is 15.0 Å². The number of halogens is 1. The van der Waals surface area contributed by atoms with Crippen LogP contribution in [0.4, 0.5) is 0 Å². The minimum Gasteiger partial charge on any atom is -0.492 e. The smallest absolute Gasteiger partial charge is 0.193 e. The van der Waals surface area contributed by atoms with Crippen molar-refractivity contribution in [2.45, 2.75) is 20.3 Å². The molecule has 0 saturated heterocycles. The fraction of sp³-hybridized carbons (Fsp3) is 0.444. The van der Waals surface area contributed by atoms with E-state index in [2.05, 4.69) is 34.0 Å². The number of guanidine groups is 1. The number of nitrogens with zero attached hydrogens (tertiary/aromatic N) is 3. The summed E-state index contributed by atoms with van der Waals surface area (Å²) in [4.78, 5) is 12.4. The molecule has 1 N–H and O–H groups in total. The zero-order valence-corrected chi connectivity index (χ0v) is 18.2. The lowest BCUT2D eigenvalue weighted by Gasteiger charge is -2.22. The maximum absolute atomic E-state index is 5.75. The van der Waals surface area contributed by atoms with Gasteiger partial charge in [-0.3, -0.25) is 4.99 Å². The molecule has 0 spiro atoms. The van der Waals surface area contributed by atoms with Crippen molar-refractivity contribution < 1.29 is 4.74 Å². The van der Waals surface area contributed by atoms with Crippen LogP contribution in [0, 0.1) is 6.92 Å². The summed E-state index contributed by atoms with van der Waals surface area (Å²) in [6.45, 7) is 7.13. The summed E-state index contributed by atoms with van der Waals surface area (Å²) in [5.41, 5.74) is 0. The lowest BCUT2D eigenvalue weighted by atomic mass is 10.3. The zero-order chi connectivity index (χ0) is 17.2. The molecule has 0 radical (unpaired) electrons. The van der Waals surface area contributed by atoms with Gasteiger partial charge in [-0.2, -0.15) is 0 Å². The number of aryl methyl sites for hydroxylation is 1. The number of para-hydroxylation sites is 1. The number of aromatic nitrogens is 1. The fourth-order valence-corrected chi connectivity index (χ4v) is 2.94. The number of benzene rings is 1. The average Bonchev–Trinajstić information content (AvgIpc) is 3.00. The number of likely N-dealkylation sites (N-methyl/N-ethyl adjacent to an activating group) is 1. The van der Waals surface area contributed by atoms with Crippen LogP contribution in [0.2, 0.25) is 0 Å². The predicted molar refractivity (Wildman–Crippen MR) is 117 cm³/mol. The Bertz CT molecular complexity index is 633. The molecule has 0 fully saturated rings. The van der Waals surface area contributed by atoms with Crippen LogP contribution in [-0.2, 0) is 6.42 Å². The summed E-state index contributed by atoms with van der Waals surface area (Å²) in [6.07, 6.45) is 2.80. The molecule has 1 heterocycles. The first kappa shape index (κ1) is 21.7. The second kappa shape index (κ2) is 12.1. The highest BCUT2D eigenvalue weighted by atomic mass is 127. The molecule has 1 aromatic heterocycles. The molecule has 2 aromatic rings. The SMILES string of the molecule is CCNC(=NCCc1ncc(C)s1)N(C)CCOc1ccccc1.I. The van der Waals surface area contributed by atoms with Crippen molar-refractivity contribution in [3.63, 3.8) is 0 Å². The van der Waals surface area contributed by atoms with Crippen LogP contribution in [0.5, 0.6) is 5.75 Å². The Labute approximate surface area is 171 Å². The number of thiazole rings is 1. The first-order chi connectivity index (χ1) is 11.7. The number of hydrogen-bond donors (Lipinski definition) is 1. The minimum atomic E-state index is 0. The third-order valence-corrected chi connectivity index (χ3v) is 4.36. The van der Waals surface area contributed by atoms with E-state index in [4.69, 9.17) is 4.74 Å². The van der Waals surface area contributed by atoms with E-state index in [1.54, 1.807) is 11.3 Å². The monoisotopic (exact) mass is 474 g/mol. The molecular weight excluding hydrogens is 447 g/mol. The van der Waals surface area contributed by atoms with Crippen LogP contribution in [0.1, 0.15) is 16.8 Å². The lowest BCUT2D eigenvalue weighted by Crippen LogP contribution is -2.41. The Morgan fingerprint density at radius 3 is 2.72 bits per heavy atom. The number of aliphatic imine (C=N–C) groups is 1. The Hall–Kier alpha value is -1.35. The van der Waals surface area contributed by atoms with Crippen molar-refractivity contribution in [1.82, 2.24) is 15.2 Å². The third kappa shape index (κ3) is 8.04. The van der Waals surface area contributed by atoms with Crippen molar-refractivity contribution in [1.29, 1.82) is 0 Å². The number of hydrogen-bond acceptors (Lipinski definition) is 4. The second-order valence-electron chi connectivity index (χ2n) is 5.43. The summed E-state index contributed by atoms with van der Waals surface area (Å²) in [5.74, 6) is 1.80. The van der Waals surface area contributed by atoms with E-state index >= 15 is 0 Å². The van der Waals surface area contributed by atoms with Crippen molar-refractivity contribution in [3.05, 3.63) is 46.4 Å².